The van der Waals surface area contributed by atoms with Gasteiger partial charge in [-0.3, -0.25) is 4.79 Å². The molecule has 2 aromatic rings. The number of halogens is 2. The Bertz CT molecular complexity index is 695. The Balaban J connectivity index is 1.97. The second-order valence-corrected chi connectivity index (χ2v) is 6.65. The van der Waals surface area contributed by atoms with Gasteiger partial charge in [-0.15, -0.1) is 0 Å². The predicted octanol–water partition coefficient (Wildman–Crippen LogP) is 5.23. The highest BCUT2D eigenvalue weighted by Crippen LogP contribution is 2.37. The maximum Gasteiger partial charge on any atom is 0.170 e. The van der Waals surface area contributed by atoms with Crippen LogP contribution in [0.25, 0.3) is 0 Å². The number of carbonyl (C=O) groups is 1. The molecule has 0 saturated heterocycles. The van der Waals surface area contributed by atoms with E-state index < -0.39 is 0 Å². The molecule has 0 aliphatic carbocycles. The third-order valence-corrected chi connectivity index (χ3v) is 4.80. The molecule has 0 saturated carbocycles. The zero-order valence-corrected chi connectivity index (χ0v) is 14.0. The van der Waals surface area contributed by atoms with E-state index in [2.05, 4.69) is 31.9 Å². The number of aryl methyl sites for hydroxylation is 1. The van der Waals surface area contributed by atoms with Gasteiger partial charge in [0, 0.05) is 8.95 Å². The van der Waals surface area contributed by atoms with Crippen molar-refractivity contribution >= 4 is 37.6 Å². The molecule has 0 fully saturated rings. The van der Waals surface area contributed by atoms with E-state index in [-0.39, 0.29) is 11.9 Å². The molecule has 1 aliphatic rings. The number of carbonyl (C=O) groups excluding carboxylic acids is 1. The quantitative estimate of drug-likeness (QED) is 0.661. The number of benzene rings is 2. The van der Waals surface area contributed by atoms with Crippen LogP contribution in [-0.2, 0) is 0 Å². The van der Waals surface area contributed by atoms with Crippen molar-refractivity contribution < 1.29 is 9.53 Å². The van der Waals surface area contributed by atoms with Crippen LogP contribution in [0.3, 0.4) is 0 Å². The van der Waals surface area contributed by atoms with Crippen molar-refractivity contribution in [3.8, 4) is 5.75 Å². The highest BCUT2D eigenvalue weighted by atomic mass is 79.9. The highest BCUT2D eigenvalue weighted by molar-refractivity contribution is 9.10. The van der Waals surface area contributed by atoms with E-state index in [0.29, 0.717) is 17.7 Å². The molecule has 1 unspecified atom stereocenters. The molecule has 0 aromatic heterocycles. The summed E-state index contributed by atoms with van der Waals surface area (Å²) in [6.45, 7) is 2.04. The van der Waals surface area contributed by atoms with E-state index in [1.54, 1.807) is 0 Å². The fraction of sp³-hybridized carbons (Fsp3) is 0.188. The van der Waals surface area contributed by atoms with Crippen LogP contribution >= 0.6 is 31.9 Å². The Morgan fingerprint density at radius 2 is 1.95 bits per heavy atom. The largest absolute Gasteiger partial charge is 0.484 e. The molecular weight excluding hydrogens is 384 g/mol. The molecule has 0 bridgehead atoms. The average Bonchev–Trinajstić information content (AvgIpc) is 2.42. The van der Waals surface area contributed by atoms with Crippen LogP contribution in [0.2, 0.25) is 0 Å². The lowest BCUT2D eigenvalue weighted by atomic mass is 9.96. The standard InChI is InChI=1S/C16H12Br2O2/c1-9-2-3-10(6-13(9)18)16-8-14(19)12-7-11(17)4-5-15(12)20-16/h2-7,16H,8H2,1H3. The fourth-order valence-corrected chi connectivity index (χ4v) is 3.05. The van der Waals surface area contributed by atoms with Gasteiger partial charge < -0.3 is 4.74 Å². The van der Waals surface area contributed by atoms with Crippen molar-refractivity contribution in [3.63, 3.8) is 0 Å². The second-order valence-electron chi connectivity index (χ2n) is 4.88. The Hall–Kier alpha value is -1.13. The lowest BCUT2D eigenvalue weighted by molar-refractivity contribution is 0.0850. The van der Waals surface area contributed by atoms with Crippen molar-refractivity contribution in [1.29, 1.82) is 0 Å². The maximum atomic E-state index is 12.3. The van der Waals surface area contributed by atoms with E-state index >= 15 is 0 Å². The number of hydrogen-bond donors (Lipinski definition) is 0. The molecule has 2 nitrogen and oxygen atoms in total. The molecule has 1 aliphatic heterocycles. The number of fused-ring (bicyclic) bond motifs is 1. The van der Waals surface area contributed by atoms with Crippen molar-refractivity contribution in [2.45, 2.75) is 19.4 Å². The van der Waals surface area contributed by atoms with Crippen LogP contribution in [0.1, 0.15) is 34.0 Å². The zero-order valence-electron chi connectivity index (χ0n) is 10.8. The first kappa shape index (κ1) is 13.8. The molecule has 0 spiro atoms. The van der Waals surface area contributed by atoms with E-state index in [0.717, 1.165) is 14.5 Å². The molecule has 1 atom stereocenters. The number of ether oxygens (including phenoxy) is 1. The van der Waals surface area contributed by atoms with Crippen molar-refractivity contribution in [1.82, 2.24) is 0 Å². The lowest BCUT2D eigenvalue weighted by Crippen LogP contribution is -2.20. The molecule has 4 heteroatoms. The van der Waals surface area contributed by atoms with Crippen LogP contribution < -0.4 is 4.74 Å². The van der Waals surface area contributed by atoms with Crippen LogP contribution in [0.4, 0.5) is 0 Å². The maximum absolute atomic E-state index is 12.3. The molecule has 0 N–H and O–H groups in total. The molecule has 1 heterocycles. The molecule has 20 heavy (non-hydrogen) atoms. The molecule has 3 rings (SSSR count). The van der Waals surface area contributed by atoms with Gasteiger partial charge in [0.05, 0.1) is 12.0 Å². The molecule has 102 valence electrons. The molecular formula is C16H12Br2O2. The van der Waals surface area contributed by atoms with Crippen molar-refractivity contribution in [2.24, 2.45) is 0 Å². The minimum Gasteiger partial charge on any atom is -0.484 e. The average molecular weight is 396 g/mol. The number of Topliss-reactive ketones (excluding diaryl/α,β-unsaturated/α-hetero) is 1. The monoisotopic (exact) mass is 394 g/mol. The van der Waals surface area contributed by atoms with Crippen molar-refractivity contribution in [3.05, 3.63) is 62.0 Å². The molecule has 0 radical (unpaired) electrons. The van der Waals surface area contributed by atoms with Gasteiger partial charge in [-0.25, -0.2) is 0 Å². The molecule has 2 aromatic carbocycles. The van der Waals surface area contributed by atoms with Crippen LogP contribution in [-0.4, -0.2) is 5.78 Å². The predicted molar refractivity (Wildman–Crippen MR) is 85.3 cm³/mol. The fourth-order valence-electron chi connectivity index (χ4n) is 2.29. The van der Waals surface area contributed by atoms with Gasteiger partial charge >= 0.3 is 0 Å². The topological polar surface area (TPSA) is 26.3 Å². The summed E-state index contributed by atoms with van der Waals surface area (Å²) in [4.78, 5) is 12.3. The Morgan fingerprint density at radius 3 is 2.70 bits per heavy atom. The van der Waals surface area contributed by atoms with Gasteiger partial charge in [-0.1, -0.05) is 44.0 Å². The van der Waals surface area contributed by atoms with Gasteiger partial charge in [-0.2, -0.15) is 0 Å². The second kappa shape index (κ2) is 5.34. The van der Waals surface area contributed by atoms with E-state index in [1.165, 1.54) is 5.56 Å². The van der Waals surface area contributed by atoms with Gasteiger partial charge in [0.1, 0.15) is 11.9 Å². The number of ketones is 1. The smallest absolute Gasteiger partial charge is 0.170 e. The molecule has 0 amide bonds. The summed E-state index contributed by atoms with van der Waals surface area (Å²) in [5, 5.41) is 0. The Morgan fingerprint density at radius 1 is 1.15 bits per heavy atom. The number of rotatable bonds is 1. The van der Waals surface area contributed by atoms with Gasteiger partial charge in [0.2, 0.25) is 0 Å². The Labute approximate surface area is 134 Å². The van der Waals surface area contributed by atoms with Crippen LogP contribution in [0.15, 0.2) is 45.3 Å². The summed E-state index contributed by atoms with van der Waals surface area (Å²) < 4.78 is 7.90. The van der Waals surface area contributed by atoms with Crippen LogP contribution in [0, 0.1) is 6.92 Å². The highest BCUT2D eigenvalue weighted by Gasteiger charge is 2.27. The summed E-state index contributed by atoms with van der Waals surface area (Å²) in [6.07, 6.45) is 0.159. The van der Waals surface area contributed by atoms with E-state index in [1.807, 2.05) is 43.3 Å². The first-order valence-electron chi connectivity index (χ1n) is 6.30. The summed E-state index contributed by atoms with van der Waals surface area (Å²) >= 11 is 6.90. The minimum absolute atomic E-state index is 0.120. The van der Waals surface area contributed by atoms with E-state index in [4.69, 9.17) is 4.74 Å². The lowest BCUT2D eigenvalue weighted by Gasteiger charge is -2.26. The minimum atomic E-state index is -0.215. The van der Waals surface area contributed by atoms with Crippen LogP contribution in [0.5, 0.6) is 5.75 Å². The third kappa shape index (κ3) is 2.54. The summed E-state index contributed by atoms with van der Waals surface area (Å²) in [7, 11) is 0. The Kier molecular flexibility index (Phi) is 3.69. The zero-order chi connectivity index (χ0) is 14.3. The van der Waals surface area contributed by atoms with E-state index in [9.17, 15) is 4.79 Å². The van der Waals surface area contributed by atoms with Gasteiger partial charge in [0.25, 0.3) is 0 Å². The summed E-state index contributed by atoms with van der Waals surface area (Å²) in [5.41, 5.74) is 2.84. The normalized spacial score (nSPS) is 17.6. The van der Waals surface area contributed by atoms with Gasteiger partial charge in [-0.05, 0) is 42.3 Å². The first-order chi connectivity index (χ1) is 9.54. The number of hydrogen-bond acceptors (Lipinski definition) is 2. The third-order valence-electron chi connectivity index (χ3n) is 3.45. The SMILES string of the molecule is Cc1ccc(C2CC(=O)c3cc(Br)ccc3O2)cc1Br. The summed E-state index contributed by atoms with van der Waals surface area (Å²) in [5.74, 6) is 0.778. The first-order valence-corrected chi connectivity index (χ1v) is 7.88. The van der Waals surface area contributed by atoms with Gasteiger partial charge in [0.15, 0.2) is 5.78 Å². The van der Waals surface area contributed by atoms with Crippen molar-refractivity contribution in [2.75, 3.05) is 0 Å². The summed E-state index contributed by atoms with van der Waals surface area (Å²) in [6, 6.07) is 11.6.